The molecule has 2 rings (SSSR count). The predicted molar refractivity (Wildman–Crippen MR) is 73.9 cm³/mol. The Labute approximate surface area is 112 Å². The van der Waals surface area contributed by atoms with E-state index in [1.165, 1.54) is 0 Å². The molecule has 0 aliphatic carbocycles. The maximum Gasteiger partial charge on any atom is 0.226 e. The van der Waals surface area contributed by atoms with E-state index in [1.54, 1.807) is 6.33 Å². The molecular weight excluding hydrogens is 250 g/mol. The molecule has 1 N–H and O–H groups in total. The van der Waals surface area contributed by atoms with E-state index in [2.05, 4.69) is 52.5 Å². The van der Waals surface area contributed by atoms with Crippen molar-refractivity contribution in [1.82, 2.24) is 19.5 Å². The van der Waals surface area contributed by atoms with Crippen LogP contribution in [-0.2, 0) is 6.54 Å². The van der Waals surface area contributed by atoms with Gasteiger partial charge in [-0.1, -0.05) is 13.8 Å². The predicted octanol–water partition coefficient (Wildman–Crippen LogP) is 2.96. The van der Waals surface area contributed by atoms with Crippen LogP contribution in [0.3, 0.4) is 0 Å². The molecule has 0 aliphatic heterocycles. The lowest BCUT2D eigenvalue weighted by Crippen LogP contribution is -2.13. The first-order valence-corrected chi connectivity index (χ1v) is 6.50. The number of halogens is 1. The number of hydrogen-bond donors (Lipinski definition) is 1. The highest BCUT2D eigenvalue weighted by Gasteiger charge is 2.14. The summed E-state index contributed by atoms with van der Waals surface area (Å²) in [7, 11) is 0. The Morgan fingerprint density at radius 3 is 2.61 bits per heavy atom. The molecule has 0 saturated heterocycles. The van der Waals surface area contributed by atoms with Gasteiger partial charge in [-0.25, -0.2) is 4.98 Å². The van der Waals surface area contributed by atoms with E-state index >= 15 is 0 Å². The van der Waals surface area contributed by atoms with Gasteiger partial charge in [0.15, 0.2) is 11.5 Å². The number of hydrogen-bond acceptors (Lipinski definition) is 4. The minimum absolute atomic E-state index is 0.223. The number of rotatable bonds is 4. The molecule has 2 heterocycles. The quantitative estimate of drug-likeness (QED) is 0.866. The average Bonchev–Trinajstić information content (AvgIpc) is 2.59. The van der Waals surface area contributed by atoms with E-state index in [-0.39, 0.29) is 11.3 Å². The molecular formula is C12H18ClN5. The van der Waals surface area contributed by atoms with Gasteiger partial charge in [0.1, 0.15) is 5.52 Å². The molecule has 0 saturated carbocycles. The monoisotopic (exact) mass is 267 g/mol. The van der Waals surface area contributed by atoms with Gasteiger partial charge in [-0.15, -0.1) is 0 Å². The summed E-state index contributed by atoms with van der Waals surface area (Å²) in [6.07, 6.45) is 1.79. The molecule has 5 nitrogen and oxygen atoms in total. The third kappa shape index (κ3) is 2.72. The molecule has 2 aromatic rings. The Balaban J connectivity index is 2.54. The largest absolute Gasteiger partial charge is 0.366 e. The summed E-state index contributed by atoms with van der Waals surface area (Å²) < 4.78 is 2.07. The van der Waals surface area contributed by atoms with Crippen LogP contribution in [0.25, 0.3) is 11.2 Å². The van der Waals surface area contributed by atoms with E-state index < -0.39 is 0 Å². The molecule has 0 unspecified atom stereocenters. The Morgan fingerprint density at radius 1 is 1.28 bits per heavy atom. The maximum absolute atomic E-state index is 5.91. The van der Waals surface area contributed by atoms with Crippen LogP contribution in [0.1, 0.15) is 27.7 Å². The first-order valence-electron chi connectivity index (χ1n) is 6.12. The third-order valence-electron chi connectivity index (χ3n) is 2.43. The number of fused-ring (bicyclic) bond motifs is 1. The van der Waals surface area contributed by atoms with E-state index in [0.717, 1.165) is 17.9 Å². The van der Waals surface area contributed by atoms with Crippen molar-refractivity contribution in [2.45, 2.75) is 40.3 Å². The van der Waals surface area contributed by atoms with Gasteiger partial charge in [-0.05, 0) is 31.4 Å². The van der Waals surface area contributed by atoms with Crippen LogP contribution in [0.15, 0.2) is 6.33 Å². The highest BCUT2D eigenvalue weighted by Crippen LogP contribution is 2.22. The zero-order chi connectivity index (χ0) is 13.3. The topological polar surface area (TPSA) is 55.6 Å². The zero-order valence-electron chi connectivity index (χ0n) is 11.1. The molecule has 0 atom stereocenters. The number of imidazole rings is 1. The van der Waals surface area contributed by atoms with Crippen molar-refractivity contribution >= 4 is 28.6 Å². The van der Waals surface area contributed by atoms with Crippen LogP contribution in [0, 0.1) is 5.92 Å². The molecule has 98 valence electrons. The fourth-order valence-corrected chi connectivity index (χ4v) is 2.02. The van der Waals surface area contributed by atoms with E-state index in [4.69, 9.17) is 11.6 Å². The maximum atomic E-state index is 5.91. The average molecular weight is 268 g/mol. The summed E-state index contributed by atoms with van der Waals surface area (Å²) in [6.45, 7) is 9.33. The molecule has 0 spiro atoms. The summed E-state index contributed by atoms with van der Waals surface area (Å²) in [4.78, 5) is 12.7. The summed E-state index contributed by atoms with van der Waals surface area (Å²) in [5.74, 6) is 1.28. The van der Waals surface area contributed by atoms with Crippen LogP contribution in [0.5, 0.6) is 0 Å². The summed E-state index contributed by atoms with van der Waals surface area (Å²) in [5, 5.41) is 3.51. The number of nitrogens with one attached hydrogen (secondary N) is 1. The van der Waals surface area contributed by atoms with Gasteiger partial charge in [0, 0.05) is 12.6 Å². The van der Waals surface area contributed by atoms with E-state index in [9.17, 15) is 0 Å². The Bertz CT molecular complexity index is 547. The number of aromatic nitrogens is 4. The first kappa shape index (κ1) is 13.1. The summed E-state index contributed by atoms with van der Waals surface area (Å²) in [6, 6.07) is 0.279. The Kier molecular flexibility index (Phi) is 3.71. The van der Waals surface area contributed by atoms with Crippen molar-refractivity contribution in [3.63, 3.8) is 0 Å². The molecule has 0 aliphatic rings. The second-order valence-corrected chi connectivity index (χ2v) is 5.44. The fraction of sp³-hybridized carbons (Fsp3) is 0.583. The molecule has 0 amide bonds. The van der Waals surface area contributed by atoms with Gasteiger partial charge in [-0.2, -0.15) is 9.97 Å². The molecule has 2 aromatic heterocycles. The lowest BCUT2D eigenvalue weighted by atomic mass is 10.2. The second kappa shape index (κ2) is 5.10. The lowest BCUT2D eigenvalue weighted by Gasteiger charge is -2.13. The van der Waals surface area contributed by atoms with Gasteiger partial charge < -0.3 is 9.88 Å². The first-order chi connectivity index (χ1) is 8.47. The van der Waals surface area contributed by atoms with Crippen LogP contribution in [0.4, 0.5) is 5.82 Å². The minimum Gasteiger partial charge on any atom is -0.366 e. The van der Waals surface area contributed by atoms with Gasteiger partial charge in [0.2, 0.25) is 5.28 Å². The van der Waals surface area contributed by atoms with Crippen LogP contribution < -0.4 is 5.32 Å². The van der Waals surface area contributed by atoms with Gasteiger partial charge >= 0.3 is 0 Å². The van der Waals surface area contributed by atoms with Crippen LogP contribution >= 0.6 is 11.6 Å². The normalized spacial score (nSPS) is 11.7. The van der Waals surface area contributed by atoms with Crippen molar-refractivity contribution in [2.24, 2.45) is 5.92 Å². The fourth-order valence-electron chi connectivity index (χ4n) is 1.86. The highest BCUT2D eigenvalue weighted by molar-refractivity contribution is 6.28. The number of anilines is 1. The molecule has 0 radical (unpaired) electrons. The van der Waals surface area contributed by atoms with Crippen molar-refractivity contribution in [3.8, 4) is 0 Å². The highest BCUT2D eigenvalue weighted by atomic mass is 35.5. The van der Waals surface area contributed by atoms with Crippen molar-refractivity contribution in [1.29, 1.82) is 0 Å². The third-order valence-corrected chi connectivity index (χ3v) is 2.60. The van der Waals surface area contributed by atoms with E-state index in [1.807, 2.05) is 0 Å². The Hall–Kier alpha value is -1.36. The van der Waals surface area contributed by atoms with Crippen molar-refractivity contribution < 1.29 is 0 Å². The van der Waals surface area contributed by atoms with Crippen molar-refractivity contribution in [3.05, 3.63) is 11.6 Å². The molecule has 18 heavy (non-hydrogen) atoms. The van der Waals surface area contributed by atoms with E-state index in [0.29, 0.717) is 11.6 Å². The minimum atomic E-state index is 0.223. The zero-order valence-corrected chi connectivity index (χ0v) is 11.9. The SMILES string of the molecule is CC(C)Cn1cnc2nc(Cl)nc(NC(C)C)c21. The molecule has 0 bridgehead atoms. The van der Waals surface area contributed by atoms with Crippen LogP contribution in [-0.4, -0.2) is 25.6 Å². The van der Waals surface area contributed by atoms with Gasteiger partial charge in [0.05, 0.1) is 6.33 Å². The molecule has 0 fully saturated rings. The summed E-state index contributed by atoms with van der Waals surface area (Å²) >= 11 is 5.91. The standard InChI is InChI=1S/C12H18ClN5/c1-7(2)5-18-6-14-10-9(18)11(15-8(3)4)17-12(13)16-10/h6-8H,5H2,1-4H3,(H,15,16,17). The van der Waals surface area contributed by atoms with Gasteiger partial charge in [0.25, 0.3) is 0 Å². The lowest BCUT2D eigenvalue weighted by molar-refractivity contribution is 0.532. The van der Waals surface area contributed by atoms with Crippen molar-refractivity contribution in [2.75, 3.05) is 5.32 Å². The molecule has 6 heteroatoms. The Morgan fingerprint density at radius 2 is 2.00 bits per heavy atom. The molecule has 0 aromatic carbocycles. The smallest absolute Gasteiger partial charge is 0.226 e. The number of nitrogens with zero attached hydrogens (tertiary/aromatic N) is 4. The van der Waals surface area contributed by atoms with Gasteiger partial charge in [-0.3, -0.25) is 0 Å². The van der Waals surface area contributed by atoms with Crippen LogP contribution in [0.2, 0.25) is 5.28 Å². The summed E-state index contributed by atoms with van der Waals surface area (Å²) in [5.41, 5.74) is 1.56. The second-order valence-electron chi connectivity index (χ2n) is 5.10.